The third-order valence-electron chi connectivity index (χ3n) is 3.77. The summed E-state index contributed by atoms with van der Waals surface area (Å²) in [6, 6.07) is 4.75. The zero-order valence-corrected chi connectivity index (χ0v) is 14.2. The number of rotatable bonds is 3. The van der Waals surface area contributed by atoms with Gasteiger partial charge in [-0.25, -0.2) is 9.78 Å². The average Bonchev–Trinajstić information content (AvgIpc) is 2.86. The molecule has 1 aliphatic rings. The molecule has 0 radical (unpaired) electrons. The molecule has 1 amide bonds. The van der Waals surface area contributed by atoms with E-state index in [2.05, 4.69) is 29.0 Å². The van der Waals surface area contributed by atoms with Gasteiger partial charge < -0.3 is 4.74 Å². The second kappa shape index (κ2) is 6.65. The van der Waals surface area contributed by atoms with Gasteiger partial charge in [0.2, 0.25) is 0 Å². The molecule has 1 aromatic heterocycles. The van der Waals surface area contributed by atoms with E-state index in [-0.39, 0.29) is 0 Å². The lowest BCUT2D eigenvalue weighted by Crippen LogP contribution is -2.32. The van der Waals surface area contributed by atoms with Gasteiger partial charge in [-0.2, -0.15) is 0 Å². The minimum atomic E-state index is -0.518. The normalized spacial score (nSPS) is 19.5. The van der Waals surface area contributed by atoms with Crippen molar-refractivity contribution in [2.45, 2.75) is 65.1 Å². The standard InChI is InChI=1S/C17H27N3O2/c1-12(2)20-11-7-9-14(20)13-8-6-10-18-15(13)19-16(21)22-17(3,4)5/h6,8,10,12,14H,7,9,11H2,1-5H3,(H,18,19,21)/t14-/m1/s1. The van der Waals surface area contributed by atoms with Crippen LogP contribution in [0.3, 0.4) is 0 Å². The van der Waals surface area contributed by atoms with Crippen LogP contribution in [0.5, 0.6) is 0 Å². The maximum Gasteiger partial charge on any atom is 0.413 e. The molecular weight excluding hydrogens is 278 g/mol. The molecule has 122 valence electrons. The number of pyridine rings is 1. The summed E-state index contributed by atoms with van der Waals surface area (Å²) in [7, 11) is 0. The molecule has 0 unspecified atom stereocenters. The molecule has 22 heavy (non-hydrogen) atoms. The molecule has 2 heterocycles. The Hall–Kier alpha value is -1.62. The van der Waals surface area contributed by atoms with Crippen LogP contribution in [-0.4, -0.2) is 34.2 Å². The quantitative estimate of drug-likeness (QED) is 0.918. The average molecular weight is 305 g/mol. The molecule has 0 aromatic carbocycles. The van der Waals surface area contributed by atoms with E-state index in [1.54, 1.807) is 6.20 Å². The Labute approximate surface area is 133 Å². The molecule has 1 aromatic rings. The number of carbonyl (C=O) groups is 1. The van der Waals surface area contributed by atoms with Crippen LogP contribution < -0.4 is 5.32 Å². The highest BCUT2D eigenvalue weighted by atomic mass is 16.6. The number of carbonyl (C=O) groups excluding carboxylic acids is 1. The van der Waals surface area contributed by atoms with Crippen molar-refractivity contribution >= 4 is 11.9 Å². The molecule has 0 aliphatic carbocycles. The van der Waals surface area contributed by atoms with Crippen molar-refractivity contribution in [3.05, 3.63) is 23.9 Å². The number of nitrogens with zero attached hydrogens (tertiary/aromatic N) is 2. The van der Waals surface area contributed by atoms with Gasteiger partial charge in [0.25, 0.3) is 0 Å². The van der Waals surface area contributed by atoms with E-state index in [0.29, 0.717) is 17.9 Å². The van der Waals surface area contributed by atoms with E-state index < -0.39 is 11.7 Å². The third kappa shape index (κ3) is 4.19. The van der Waals surface area contributed by atoms with E-state index in [4.69, 9.17) is 4.74 Å². The number of ether oxygens (including phenoxy) is 1. The molecule has 1 aliphatic heterocycles. The number of hydrogen-bond donors (Lipinski definition) is 1. The minimum Gasteiger partial charge on any atom is -0.444 e. The zero-order chi connectivity index (χ0) is 16.3. The number of nitrogens with one attached hydrogen (secondary N) is 1. The van der Waals surface area contributed by atoms with Crippen LogP contribution in [0.2, 0.25) is 0 Å². The van der Waals surface area contributed by atoms with Crippen LogP contribution in [0, 0.1) is 0 Å². The fraction of sp³-hybridized carbons (Fsp3) is 0.647. The highest BCUT2D eigenvalue weighted by Gasteiger charge is 2.30. The van der Waals surface area contributed by atoms with Crippen molar-refractivity contribution in [1.29, 1.82) is 0 Å². The predicted octanol–water partition coefficient (Wildman–Crippen LogP) is 3.97. The monoisotopic (exact) mass is 305 g/mol. The summed E-state index contributed by atoms with van der Waals surface area (Å²) < 4.78 is 5.33. The first-order valence-corrected chi connectivity index (χ1v) is 7.98. The molecule has 5 nitrogen and oxygen atoms in total. The fourth-order valence-corrected chi connectivity index (χ4v) is 2.93. The van der Waals surface area contributed by atoms with Gasteiger partial charge in [0, 0.05) is 23.8 Å². The first-order chi connectivity index (χ1) is 10.3. The molecule has 1 N–H and O–H groups in total. The number of aromatic nitrogens is 1. The lowest BCUT2D eigenvalue weighted by atomic mass is 10.0. The second-order valence-corrected chi connectivity index (χ2v) is 7.06. The third-order valence-corrected chi connectivity index (χ3v) is 3.77. The molecule has 0 bridgehead atoms. The summed E-state index contributed by atoms with van der Waals surface area (Å²) in [4.78, 5) is 18.8. The number of amides is 1. The van der Waals surface area contributed by atoms with Crippen LogP contribution >= 0.6 is 0 Å². The molecular formula is C17H27N3O2. The van der Waals surface area contributed by atoms with Crippen LogP contribution in [0.1, 0.15) is 59.1 Å². The number of likely N-dealkylation sites (tertiary alicyclic amines) is 1. The minimum absolute atomic E-state index is 0.304. The van der Waals surface area contributed by atoms with Crippen molar-refractivity contribution in [2.75, 3.05) is 11.9 Å². The molecule has 0 spiro atoms. The largest absolute Gasteiger partial charge is 0.444 e. The van der Waals surface area contributed by atoms with E-state index in [9.17, 15) is 4.79 Å². The first kappa shape index (κ1) is 16.7. The van der Waals surface area contributed by atoms with Gasteiger partial charge in [-0.15, -0.1) is 0 Å². The SMILES string of the molecule is CC(C)N1CCC[C@@H]1c1cccnc1NC(=O)OC(C)(C)C. The van der Waals surface area contributed by atoms with Gasteiger partial charge in [-0.05, 0) is 60.1 Å². The van der Waals surface area contributed by atoms with Crippen molar-refractivity contribution in [3.63, 3.8) is 0 Å². The van der Waals surface area contributed by atoms with Crippen molar-refractivity contribution in [1.82, 2.24) is 9.88 Å². The topological polar surface area (TPSA) is 54.5 Å². The van der Waals surface area contributed by atoms with Crippen LogP contribution in [0.25, 0.3) is 0 Å². The summed E-state index contributed by atoms with van der Waals surface area (Å²) in [6.45, 7) is 11.0. The molecule has 1 fully saturated rings. The number of anilines is 1. The van der Waals surface area contributed by atoms with E-state index in [1.165, 1.54) is 6.42 Å². The molecule has 1 saturated heterocycles. The Morgan fingerprint density at radius 1 is 1.45 bits per heavy atom. The van der Waals surface area contributed by atoms with Crippen LogP contribution in [0.4, 0.5) is 10.6 Å². The zero-order valence-electron chi connectivity index (χ0n) is 14.2. The highest BCUT2D eigenvalue weighted by Crippen LogP contribution is 2.36. The Balaban J connectivity index is 2.18. The lowest BCUT2D eigenvalue weighted by Gasteiger charge is -2.29. The maximum absolute atomic E-state index is 12.0. The summed E-state index contributed by atoms with van der Waals surface area (Å²) in [5.41, 5.74) is 0.552. The first-order valence-electron chi connectivity index (χ1n) is 7.98. The lowest BCUT2D eigenvalue weighted by molar-refractivity contribution is 0.0635. The Bertz CT molecular complexity index is 523. The van der Waals surface area contributed by atoms with Gasteiger partial charge in [0.05, 0.1) is 0 Å². The maximum atomic E-state index is 12.0. The highest BCUT2D eigenvalue weighted by molar-refractivity contribution is 5.84. The second-order valence-electron chi connectivity index (χ2n) is 7.06. The summed E-state index contributed by atoms with van der Waals surface area (Å²) in [6.07, 6.45) is 3.50. The predicted molar refractivity (Wildman–Crippen MR) is 87.9 cm³/mol. The smallest absolute Gasteiger partial charge is 0.413 e. The van der Waals surface area contributed by atoms with E-state index in [0.717, 1.165) is 18.5 Å². The number of hydrogen-bond acceptors (Lipinski definition) is 4. The van der Waals surface area contributed by atoms with Gasteiger partial charge in [-0.3, -0.25) is 10.2 Å². The van der Waals surface area contributed by atoms with E-state index >= 15 is 0 Å². The van der Waals surface area contributed by atoms with Crippen LogP contribution in [0.15, 0.2) is 18.3 Å². The fourth-order valence-electron chi connectivity index (χ4n) is 2.93. The van der Waals surface area contributed by atoms with Crippen molar-refractivity contribution in [2.24, 2.45) is 0 Å². The van der Waals surface area contributed by atoms with Gasteiger partial charge in [-0.1, -0.05) is 6.07 Å². The summed E-state index contributed by atoms with van der Waals surface area (Å²) in [5.74, 6) is 0.606. The van der Waals surface area contributed by atoms with Gasteiger partial charge >= 0.3 is 6.09 Å². The van der Waals surface area contributed by atoms with E-state index in [1.807, 2.05) is 32.9 Å². The van der Waals surface area contributed by atoms with Gasteiger partial charge in [0.1, 0.15) is 11.4 Å². The Morgan fingerprint density at radius 3 is 2.82 bits per heavy atom. The molecule has 1 atom stereocenters. The summed E-state index contributed by atoms with van der Waals surface area (Å²) in [5, 5.41) is 2.80. The molecule has 0 saturated carbocycles. The Kier molecular flexibility index (Phi) is 5.06. The molecule has 5 heteroatoms. The van der Waals surface area contributed by atoms with Crippen molar-refractivity contribution in [3.8, 4) is 0 Å². The van der Waals surface area contributed by atoms with Gasteiger partial charge in [0.15, 0.2) is 0 Å². The molecule has 2 rings (SSSR count). The Morgan fingerprint density at radius 2 is 2.18 bits per heavy atom. The van der Waals surface area contributed by atoms with Crippen molar-refractivity contribution < 1.29 is 9.53 Å². The summed E-state index contributed by atoms with van der Waals surface area (Å²) >= 11 is 0. The van der Waals surface area contributed by atoms with Crippen LogP contribution in [-0.2, 0) is 4.74 Å².